The fraction of sp³-hybridized carbons (Fsp3) is 0.800. The highest BCUT2D eigenvalue weighted by atomic mass is 16.6. The molecule has 0 aromatic carbocycles. The summed E-state index contributed by atoms with van der Waals surface area (Å²) in [6, 6.07) is 0. The summed E-state index contributed by atoms with van der Waals surface area (Å²) in [5.74, 6) is -1.04. The molecule has 1 atom stereocenters. The van der Waals surface area contributed by atoms with Gasteiger partial charge in [-0.15, -0.1) is 0 Å². The first-order valence-corrected chi connectivity index (χ1v) is 35.4. The van der Waals surface area contributed by atoms with Gasteiger partial charge < -0.3 is 14.2 Å². The monoisotopic (exact) mass is 1130 g/mol. The van der Waals surface area contributed by atoms with Gasteiger partial charge in [0.15, 0.2) is 6.10 Å². The molecule has 0 aromatic heterocycles. The van der Waals surface area contributed by atoms with E-state index in [1.165, 1.54) is 244 Å². The number of ether oxygens (including phenoxy) is 3. The van der Waals surface area contributed by atoms with Crippen LogP contribution in [-0.2, 0) is 28.6 Å². The summed E-state index contributed by atoms with van der Waals surface area (Å²) in [6.45, 7) is 6.46. The standard InChI is InChI=1S/C75H134O6/c1-4-7-10-13-16-19-22-25-27-28-29-30-31-32-33-34-35-36-37-38-39-40-41-42-43-44-45-46-48-50-53-56-59-62-65-68-74(77)80-71-72(70-79-73(76)67-64-61-58-55-52-49-24-21-18-15-12-9-6-3)81-75(78)69-66-63-60-57-54-51-47-26-23-20-17-14-11-8-5-2/h8,11,17,20-21,24,26,47,54,57,63,66,72H,4-7,9-10,12-16,18-19,22-23,25,27-46,48-53,55-56,58-62,64-65,67-71H2,1-3H3/b11-8-,20-17-,24-21-,47-26-,57-54-,66-63-. The molecule has 6 heteroatoms. The molecule has 0 fully saturated rings. The first-order valence-electron chi connectivity index (χ1n) is 35.4. The molecule has 0 bridgehead atoms. The predicted molar refractivity (Wildman–Crippen MR) is 353 cm³/mol. The molecule has 0 aliphatic rings. The number of allylic oxidation sites excluding steroid dienone is 11. The molecule has 6 nitrogen and oxygen atoms in total. The van der Waals surface area contributed by atoms with Gasteiger partial charge in [0, 0.05) is 12.8 Å². The van der Waals surface area contributed by atoms with Crippen LogP contribution in [0.25, 0.3) is 0 Å². The van der Waals surface area contributed by atoms with E-state index in [1.807, 2.05) is 6.08 Å². The molecule has 0 rings (SSSR count). The van der Waals surface area contributed by atoms with E-state index < -0.39 is 12.1 Å². The smallest absolute Gasteiger partial charge is 0.310 e. The third-order valence-electron chi connectivity index (χ3n) is 15.7. The van der Waals surface area contributed by atoms with Crippen molar-refractivity contribution >= 4 is 17.9 Å². The molecule has 0 saturated carbocycles. The molecule has 0 radical (unpaired) electrons. The zero-order valence-corrected chi connectivity index (χ0v) is 54.1. The van der Waals surface area contributed by atoms with Crippen LogP contribution in [0.2, 0.25) is 0 Å². The van der Waals surface area contributed by atoms with Gasteiger partial charge in [0.1, 0.15) is 13.2 Å². The topological polar surface area (TPSA) is 78.9 Å². The number of carbonyl (C=O) groups excluding carboxylic acids is 3. The van der Waals surface area contributed by atoms with Gasteiger partial charge in [-0.1, -0.05) is 351 Å². The third kappa shape index (κ3) is 67.5. The minimum atomic E-state index is -0.833. The minimum Gasteiger partial charge on any atom is -0.462 e. The molecule has 0 aromatic rings. The van der Waals surface area contributed by atoms with Crippen LogP contribution >= 0.6 is 0 Å². The Bertz CT molecular complexity index is 1490. The maximum absolute atomic E-state index is 12.8. The molecule has 1 unspecified atom stereocenters. The van der Waals surface area contributed by atoms with Crippen molar-refractivity contribution in [1.82, 2.24) is 0 Å². The quantitative estimate of drug-likeness (QED) is 0.0261. The van der Waals surface area contributed by atoms with Gasteiger partial charge >= 0.3 is 17.9 Å². The molecule has 0 aliphatic heterocycles. The first kappa shape index (κ1) is 77.9. The highest BCUT2D eigenvalue weighted by Crippen LogP contribution is 2.18. The fourth-order valence-electron chi connectivity index (χ4n) is 10.5. The lowest BCUT2D eigenvalue weighted by molar-refractivity contribution is -0.166. The number of unbranched alkanes of at least 4 members (excludes halogenated alkanes) is 43. The largest absolute Gasteiger partial charge is 0.462 e. The van der Waals surface area contributed by atoms with Crippen molar-refractivity contribution < 1.29 is 28.6 Å². The van der Waals surface area contributed by atoms with Crippen LogP contribution in [0.4, 0.5) is 0 Å². The maximum Gasteiger partial charge on any atom is 0.310 e. The van der Waals surface area contributed by atoms with Gasteiger partial charge in [-0.25, -0.2) is 0 Å². The zero-order valence-electron chi connectivity index (χ0n) is 54.1. The zero-order chi connectivity index (χ0) is 58.5. The summed E-state index contributed by atoms with van der Waals surface area (Å²) in [4.78, 5) is 38.2. The average Bonchev–Trinajstić information content (AvgIpc) is 3.46. The number of hydrogen-bond donors (Lipinski definition) is 0. The second-order valence-electron chi connectivity index (χ2n) is 23.8. The van der Waals surface area contributed by atoms with Crippen molar-refractivity contribution in [2.75, 3.05) is 13.2 Å². The average molecular weight is 1130 g/mol. The summed E-state index contributed by atoms with van der Waals surface area (Å²) >= 11 is 0. The Morgan fingerprint density at radius 2 is 0.519 bits per heavy atom. The number of hydrogen-bond acceptors (Lipinski definition) is 6. The normalized spacial score (nSPS) is 12.5. The van der Waals surface area contributed by atoms with Crippen LogP contribution in [0.15, 0.2) is 72.9 Å². The van der Waals surface area contributed by atoms with Crippen molar-refractivity contribution in [3.63, 3.8) is 0 Å². The molecule has 81 heavy (non-hydrogen) atoms. The summed E-state index contributed by atoms with van der Waals surface area (Å²) < 4.78 is 16.8. The Hall–Kier alpha value is -3.15. The van der Waals surface area contributed by atoms with Crippen LogP contribution in [0.3, 0.4) is 0 Å². The predicted octanol–water partition coefficient (Wildman–Crippen LogP) is 24.4. The molecular weight excluding hydrogens is 997 g/mol. The second-order valence-corrected chi connectivity index (χ2v) is 23.8. The van der Waals surface area contributed by atoms with Gasteiger partial charge in [0.2, 0.25) is 0 Å². The molecule has 470 valence electrons. The summed E-state index contributed by atoms with van der Waals surface area (Å²) in [6.07, 6.45) is 91.4. The van der Waals surface area contributed by atoms with Crippen molar-refractivity contribution in [3.05, 3.63) is 72.9 Å². The maximum atomic E-state index is 12.8. The lowest BCUT2D eigenvalue weighted by atomic mass is 10.0. The van der Waals surface area contributed by atoms with Gasteiger partial charge in [-0.3, -0.25) is 14.4 Å². The van der Waals surface area contributed by atoms with E-state index in [4.69, 9.17) is 14.2 Å². The summed E-state index contributed by atoms with van der Waals surface area (Å²) in [7, 11) is 0. The second kappa shape index (κ2) is 69.3. The van der Waals surface area contributed by atoms with Gasteiger partial charge in [-0.05, 0) is 70.6 Å². The van der Waals surface area contributed by atoms with E-state index in [9.17, 15) is 14.4 Å². The fourth-order valence-corrected chi connectivity index (χ4v) is 10.5. The summed E-state index contributed by atoms with van der Waals surface area (Å²) in [5.41, 5.74) is 0. The van der Waals surface area contributed by atoms with E-state index in [0.29, 0.717) is 12.8 Å². The van der Waals surface area contributed by atoms with Crippen LogP contribution in [0, 0.1) is 0 Å². The number of rotatable bonds is 65. The van der Waals surface area contributed by atoms with Crippen molar-refractivity contribution in [3.8, 4) is 0 Å². The van der Waals surface area contributed by atoms with Crippen molar-refractivity contribution in [2.24, 2.45) is 0 Å². The highest BCUT2D eigenvalue weighted by Gasteiger charge is 2.19. The van der Waals surface area contributed by atoms with Crippen LogP contribution in [0.1, 0.15) is 367 Å². The van der Waals surface area contributed by atoms with E-state index in [0.717, 1.165) is 83.5 Å². The number of esters is 3. The van der Waals surface area contributed by atoms with Gasteiger partial charge in [0.25, 0.3) is 0 Å². The Morgan fingerprint density at radius 3 is 0.815 bits per heavy atom. The Kier molecular flexibility index (Phi) is 66.6. The first-order chi connectivity index (χ1) is 40.0. The Morgan fingerprint density at radius 1 is 0.272 bits per heavy atom. The van der Waals surface area contributed by atoms with Gasteiger partial charge in [-0.2, -0.15) is 0 Å². The van der Waals surface area contributed by atoms with E-state index in [1.54, 1.807) is 6.08 Å². The molecule has 0 amide bonds. The molecular formula is C75H134O6. The Balaban J connectivity index is 4.10. The van der Waals surface area contributed by atoms with Crippen molar-refractivity contribution in [1.29, 1.82) is 0 Å². The highest BCUT2D eigenvalue weighted by molar-refractivity contribution is 5.72. The SMILES string of the molecule is CC/C=C\C/C=C\C/C=C\C/C=C\C/C=C\CC(=O)OC(COC(=O)CCCCCCC/C=C\CCCCCC)COC(=O)CCCCCCCCCCCCCCCCCCCCCCCCCCCCCCCCCCCCC. The van der Waals surface area contributed by atoms with E-state index in [-0.39, 0.29) is 31.6 Å². The minimum absolute atomic E-state index is 0.0976. The third-order valence-corrected chi connectivity index (χ3v) is 15.7. The van der Waals surface area contributed by atoms with Crippen molar-refractivity contribution in [2.45, 2.75) is 374 Å². The molecule has 0 N–H and O–H groups in total. The molecule has 0 spiro atoms. The van der Waals surface area contributed by atoms with E-state index in [2.05, 4.69) is 81.5 Å². The lowest BCUT2D eigenvalue weighted by Gasteiger charge is -2.18. The summed E-state index contributed by atoms with van der Waals surface area (Å²) in [5, 5.41) is 0. The van der Waals surface area contributed by atoms with Crippen LogP contribution in [0.5, 0.6) is 0 Å². The van der Waals surface area contributed by atoms with E-state index >= 15 is 0 Å². The lowest BCUT2D eigenvalue weighted by Crippen LogP contribution is -2.30. The van der Waals surface area contributed by atoms with Crippen LogP contribution < -0.4 is 0 Å². The Labute approximate surface area is 503 Å². The molecule has 0 saturated heterocycles. The molecule has 0 heterocycles. The molecule has 0 aliphatic carbocycles. The van der Waals surface area contributed by atoms with Gasteiger partial charge in [0.05, 0.1) is 6.42 Å². The van der Waals surface area contributed by atoms with Crippen LogP contribution in [-0.4, -0.2) is 37.2 Å². The number of carbonyl (C=O) groups is 3.